The second-order valence-electron chi connectivity index (χ2n) is 13.4. The molecule has 4 atom stereocenters. The molecule has 51 heavy (non-hydrogen) atoms. The van der Waals surface area contributed by atoms with Crippen molar-refractivity contribution in [2.75, 3.05) is 19.1 Å². The molecule has 3 N–H and O–H groups in total. The molecule has 1 aromatic heterocycles. The van der Waals surface area contributed by atoms with Gasteiger partial charge in [-0.15, -0.1) is 0 Å². The zero-order valence-electron chi connectivity index (χ0n) is 30.1. The Morgan fingerprint density at radius 1 is 0.863 bits per heavy atom. The van der Waals surface area contributed by atoms with Crippen LogP contribution in [-0.2, 0) is 51.2 Å². The van der Waals surface area contributed by atoms with E-state index >= 15 is 0 Å². The summed E-state index contributed by atoms with van der Waals surface area (Å²) >= 11 is 1.48. The van der Waals surface area contributed by atoms with Gasteiger partial charge in [-0.25, -0.2) is 4.79 Å². The van der Waals surface area contributed by atoms with E-state index in [4.69, 9.17) is 14.2 Å². The molecule has 13 heteroatoms. The number of Topliss-reactive ketones (excluding diaryl/α,β-unsaturated/α-hetero) is 2. The number of amides is 2. The van der Waals surface area contributed by atoms with E-state index in [1.807, 2.05) is 36.6 Å². The molecule has 0 bridgehead atoms. The first-order valence-electron chi connectivity index (χ1n) is 16.9. The van der Waals surface area contributed by atoms with Crippen molar-refractivity contribution in [1.29, 1.82) is 0 Å². The molecule has 276 valence electrons. The van der Waals surface area contributed by atoms with Crippen LogP contribution in [0.15, 0.2) is 60.8 Å². The molecule has 2 aromatic carbocycles. The standard InChI is InChI=1S/C38H49N3O9S/c1-24(40-37(47)50-38(2,3)4)32(42)19-26(16-17-51-6)35(45)41-31(21-34(44)49-23-25-12-8-7-9-13-25)33(43)20-27(36(46)48-5)18-28-22-39-30-15-11-10-14-29(28)30/h7-15,22,24,26-27,31,39H,16-21,23H2,1-6H3,(H,40,47)(H,41,45)/t24-,26+,27+,31-/m0/s1. The van der Waals surface area contributed by atoms with Crippen LogP contribution in [0.2, 0.25) is 0 Å². The predicted octanol–water partition coefficient (Wildman–Crippen LogP) is 5.32. The van der Waals surface area contributed by atoms with E-state index in [1.54, 1.807) is 51.2 Å². The lowest BCUT2D eigenvalue weighted by Gasteiger charge is -2.24. The normalized spacial score (nSPS) is 13.7. The lowest BCUT2D eigenvalue weighted by molar-refractivity contribution is -0.148. The van der Waals surface area contributed by atoms with E-state index in [1.165, 1.54) is 25.8 Å². The van der Waals surface area contributed by atoms with Gasteiger partial charge in [0.25, 0.3) is 0 Å². The summed E-state index contributed by atoms with van der Waals surface area (Å²) in [6, 6.07) is 14.3. The Hall–Kier alpha value is -4.65. The van der Waals surface area contributed by atoms with Gasteiger partial charge in [-0.1, -0.05) is 48.5 Å². The van der Waals surface area contributed by atoms with Crippen LogP contribution in [0.3, 0.4) is 0 Å². The van der Waals surface area contributed by atoms with Gasteiger partial charge in [-0.2, -0.15) is 11.8 Å². The van der Waals surface area contributed by atoms with Gasteiger partial charge in [-0.3, -0.25) is 24.0 Å². The molecule has 1 heterocycles. The van der Waals surface area contributed by atoms with Gasteiger partial charge in [0.1, 0.15) is 12.2 Å². The van der Waals surface area contributed by atoms with Gasteiger partial charge >= 0.3 is 18.0 Å². The van der Waals surface area contributed by atoms with Crippen molar-refractivity contribution in [3.8, 4) is 0 Å². The number of ketones is 2. The summed E-state index contributed by atoms with van der Waals surface area (Å²) in [6.07, 6.45) is 2.30. The van der Waals surface area contributed by atoms with Gasteiger partial charge in [0.15, 0.2) is 11.6 Å². The number of alkyl carbamates (subject to hydrolysis) is 1. The molecule has 3 rings (SSSR count). The van der Waals surface area contributed by atoms with Crippen LogP contribution in [0.1, 0.15) is 64.5 Å². The Balaban J connectivity index is 1.81. The first-order chi connectivity index (χ1) is 24.2. The van der Waals surface area contributed by atoms with Gasteiger partial charge < -0.3 is 29.8 Å². The van der Waals surface area contributed by atoms with Crippen molar-refractivity contribution in [3.63, 3.8) is 0 Å². The van der Waals surface area contributed by atoms with E-state index in [0.717, 1.165) is 22.0 Å². The largest absolute Gasteiger partial charge is 0.469 e. The average Bonchev–Trinajstić information content (AvgIpc) is 3.50. The maximum Gasteiger partial charge on any atom is 0.408 e. The van der Waals surface area contributed by atoms with Crippen LogP contribution in [0, 0.1) is 11.8 Å². The number of thioether (sulfide) groups is 1. The zero-order chi connectivity index (χ0) is 37.6. The number of fused-ring (bicyclic) bond motifs is 1. The third-order valence-corrected chi connectivity index (χ3v) is 8.79. The summed E-state index contributed by atoms with van der Waals surface area (Å²) in [4.78, 5) is 82.4. The number of ether oxygens (including phenoxy) is 3. The smallest absolute Gasteiger partial charge is 0.408 e. The monoisotopic (exact) mass is 723 g/mol. The number of hydrogen-bond acceptors (Lipinski definition) is 10. The Morgan fingerprint density at radius 3 is 2.20 bits per heavy atom. The summed E-state index contributed by atoms with van der Waals surface area (Å²) in [6.45, 7) is 6.57. The second-order valence-corrected chi connectivity index (χ2v) is 14.4. The number of para-hydroxylation sites is 1. The highest BCUT2D eigenvalue weighted by Crippen LogP contribution is 2.24. The Bertz CT molecular complexity index is 1650. The molecule has 0 spiro atoms. The van der Waals surface area contributed by atoms with Gasteiger partial charge in [0, 0.05) is 35.9 Å². The molecule has 12 nitrogen and oxygen atoms in total. The Labute approximate surface area is 303 Å². The van der Waals surface area contributed by atoms with E-state index in [0.29, 0.717) is 12.2 Å². The summed E-state index contributed by atoms with van der Waals surface area (Å²) in [5.41, 5.74) is 1.66. The SMILES string of the molecule is COC(=O)[C@@H](CC(=O)[C@H](CC(=O)OCc1ccccc1)NC(=O)[C@H](CCSC)CC(=O)[C@H](C)NC(=O)OC(C)(C)C)Cc1c[nH]c2ccccc12. The molecular formula is C38H49N3O9S. The minimum Gasteiger partial charge on any atom is -0.469 e. The van der Waals surface area contributed by atoms with E-state index < -0.39 is 71.4 Å². The van der Waals surface area contributed by atoms with Crippen LogP contribution in [0.25, 0.3) is 10.9 Å². The van der Waals surface area contributed by atoms with Crippen LogP contribution in [-0.4, -0.2) is 77.3 Å². The molecule has 0 aliphatic rings. The number of nitrogens with one attached hydrogen (secondary N) is 3. The molecule has 0 saturated carbocycles. The average molecular weight is 724 g/mol. The Morgan fingerprint density at radius 2 is 1.53 bits per heavy atom. The Kier molecular flexibility index (Phi) is 15.7. The minimum atomic E-state index is -1.35. The highest BCUT2D eigenvalue weighted by atomic mass is 32.2. The third-order valence-electron chi connectivity index (χ3n) is 8.15. The van der Waals surface area contributed by atoms with Crippen LogP contribution < -0.4 is 10.6 Å². The number of esters is 2. The number of hydrogen-bond donors (Lipinski definition) is 3. The molecule has 0 aliphatic heterocycles. The molecule has 3 aromatic rings. The number of aromatic amines is 1. The number of methoxy groups -OCH3 is 1. The fourth-order valence-electron chi connectivity index (χ4n) is 5.43. The molecule has 0 radical (unpaired) electrons. The summed E-state index contributed by atoms with van der Waals surface area (Å²) in [5.74, 6) is -4.16. The fourth-order valence-corrected chi connectivity index (χ4v) is 5.95. The lowest BCUT2D eigenvalue weighted by Crippen LogP contribution is -2.47. The number of rotatable bonds is 19. The second kappa shape index (κ2) is 19.7. The number of H-pyrrole nitrogens is 1. The van der Waals surface area contributed by atoms with Crippen LogP contribution in [0.4, 0.5) is 4.79 Å². The van der Waals surface area contributed by atoms with Gasteiger partial charge in [-0.05, 0) is 69.7 Å². The quantitative estimate of drug-likeness (QED) is 0.109. The first-order valence-corrected chi connectivity index (χ1v) is 18.3. The molecule has 0 saturated heterocycles. The molecule has 0 aliphatic carbocycles. The van der Waals surface area contributed by atoms with Crippen molar-refractivity contribution in [3.05, 3.63) is 71.9 Å². The highest BCUT2D eigenvalue weighted by molar-refractivity contribution is 7.98. The van der Waals surface area contributed by atoms with E-state index in [2.05, 4.69) is 15.6 Å². The van der Waals surface area contributed by atoms with Crippen molar-refractivity contribution in [1.82, 2.24) is 15.6 Å². The summed E-state index contributed by atoms with van der Waals surface area (Å²) in [5, 5.41) is 6.10. The van der Waals surface area contributed by atoms with E-state index in [9.17, 15) is 28.8 Å². The molecule has 0 fully saturated rings. The predicted molar refractivity (Wildman–Crippen MR) is 195 cm³/mol. The molecule has 0 unspecified atom stereocenters. The number of aromatic nitrogens is 1. The molecular weight excluding hydrogens is 674 g/mol. The van der Waals surface area contributed by atoms with Gasteiger partial charge in [0.2, 0.25) is 5.91 Å². The third kappa shape index (κ3) is 13.5. The van der Waals surface area contributed by atoms with Crippen molar-refractivity contribution < 1.29 is 43.0 Å². The van der Waals surface area contributed by atoms with Crippen molar-refractivity contribution >= 4 is 58.2 Å². The van der Waals surface area contributed by atoms with Gasteiger partial charge in [0.05, 0.1) is 31.5 Å². The zero-order valence-corrected chi connectivity index (χ0v) is 30.9. The van der Waals surface area contributed by atoms with Crippen LogP contribution >= 0.6 is 11.8 Å². The fraction of sp³-hybridized carbons (Fsp3) is 0.474. The number of carbonyl (C=O) groups excluding carboxylic acids is 6. The maximum absolute atomic E-state index is 13.9. The molecule has 2 amide bonds. The van der Waals surface area contributed by atoms with Crippen molar-refractivity contribution in [2.45, 2.75) is 84.1 Å². The highest BCUT2D eigenvalue weighted by Gasteiger charge is 2.33. The topological polar surface area (TPSA) is 170 Å². The van der Waals surface area contributed by atoms with Crippen molar-refractivity contribution in [2.24, 2.45) is 11.8 Å². The number of carbonyl (C=O) groups is 6. The van der Waals surface area contributed by atoms with Crippen LogP contribution in [0.5, 0.6) is 0 Å². The van der Waals surface area contributed by atoms with E-state index in [-0.39, 0.29) is 25.9 Å². The first kappa shape index (κ1) is 40.8. The summed E-state index contributed by atoms with van der Waals surface area (Å²) < 4.78 is 15.7. The lowest BCUT2D eigenvalue weighted by atomic mass is 9.90. The maximum atomic E-state index is 13.9. The number of benzene rings is 2. The minimum absolute atomic E-state index is 0.0345. The summed E-state index contributed by atoms with van der Waals surface area (Å²) in [7, 11) is 1.24.